The normalized spacial score (nSPS) is 24.6. The summed E-state index contributed by atoms with van der Waals surface area (Å²) in [7, 11) is 3.62. The maximum absolute atomic E-state index is 14.9. The minimum atomic E-state index is -1.07. The molecular weight excluding hydrogens is 963 g/mol. The van der Waals surface area contributed by atoms with Crippen LogP contribution in [0.1, 0.15) is 84.0 Å². The summed E-state index contributed by atoms with van der Waals surface area (Å²) >= 11 is 0. The molecule has 6 atom stereocenters. The Hall–Kier alpha value is -6.42. The van der Waals surface area contributed by atoms with E-state index in [1.165, 1.54) is 5.01 Å². The van der Waals surface area contributed by atoms with Gasteiger partial charge in [0.2, 0.25) is 11.8 Å². The van der Waals surface area contributed by atoms with Gasteiger partial charge in [-0.1, -0.05) is 76.6 Å². The minimum Gasteiger partial charge on any atom is -0.464 e. The van der Waals surface area contributed by atoms with Crippen molar-refractivity contribution in [2.45, 2.75) is 116 Å². The molecule has 5 aliphatic rings. The fourth-order valence-corrected chi connectivity index (χ4v) is 11.8. The monoisotopic (exact) mass is 1040 g/mol. The van der Waals surface area contributed by atoms with Gasteiger partial charge in [0.25, 0.3) is 11.8 Å². The van der Waals surface area contributed by atoms with Crippen LogP contribution in [0, 0.1) is 28.6 Å². The van der Waals surface area contributed by atoms with Crippen LogP contribution in [0.15, 0.2) is 73.4 Å². The van der Waals surface area contributed by atoms with Crippen molar-refractivity contribution in [3.05, 3.63) is 90.3 Å². The number of ether oxygens (including phenoxy) is 3. The Morgan fingerprint density at radius 2 is 1.84 bits per heavy atom. The third-order valence-corrected chi connectivity index (χ3v) is 16.4. The zero-order valence-corrected chi connectivity index (χ0v) is 45.5. The largest absolute Gasteiger partial charge is 0.464 e. The SMILES string of the molecule is C=CC(C)(OC)c1ncccc1-c1c2c3cc(ccc3n1CC)-c1cccc(c1)C[C@H](NC(=O)[C@H](C(C)C)N1CC[C@@]3(CCN(C(=O)C#C[C@H]4COCCN4C)C3)C1=O)C(=O)N1CCC[C@H](NN1)C(=O)OCC(C)(C)C2. The number of likely N-dealkylation sites (N-methyl/N-ethyl adjacent to an activating group) is 1. The number of aromatic nitrogens is 2. The van der Waals surface area contributed by atoms with E-state index in [-0.39, 0.29) is 49.9 Å². The predicted octanol–water partition coefficient (Wildman–Crippen LogP) is 5.40. The van der Waals surface area contributed by atoms with Crippen molar-refractivity contribution in [3.63, 3.8) is 0 Å². The number of nitrogens with one attached hydrogen (secondary N) is 3. The molecule has 4 aromatic rings. The molecule has 0 saturated carbocycles. The van der Waals surface area contributed by atoms with Gasteiger partial charge < -0.3 is 33.9 Å². The number of cyclic esters (lactones) is 1. The molecule has 5 aliphatic heterocycles. The smallest absolute Gasteiger partial charge is 0.324 e. The van der Waals surface area contributed by atoms with Gasteiger partial charge >= 0.3 is 5.97 Å². The van der Waals surface area contributed by atoms with Gasteiger partial charge in [-0.2, -0.15) is 5.53 Å². The standard InChI is InChI=1S/C59H75N9O8/c1-10-58(7,74-9)52-43(17-13-25-60-52)51-45-34-57(5,6)37-76-55(72)46-18-14-26-68(63-62-46)54(71)47(32-39-15-12-16-40(31-39)41-19-21-48(44(45)33-41)66(51)11-2)61-53(70)50(38(3)4)67-28-24-59(56(67)73)23-27-65(36-59)49(69)22-20-42-35-75-30-29-64(42)8/h10,12-13,15-17,19,21,25,31,33,38,42,46-47,50,62-63H,1,11,14,18,23-24,26-30,32,34-37H2,2-9H3,(H,61,70)/t42-,46-,47-,50-,58?,59+/m0/s1. The lowest BCUT2D eigenvalue weighted by atomic mass is 9.83. The Kier molecular flexibility index (Phi) is 15.9. The van der Waals surface area contributed by atoms with Gasteiger partial charge in [0.15, 0.2) is 0 Å². The van der Waals surface area contributed by atoms with E-state index in [9.17, 15) is 24.0 Å². The van der Waals surface area contributed by atoms with Crippen molar-refractivity contribution in [2.24, 2.45) is 16.7 Å². The first-order chi connectivity index (χ1) is 36.4. The highest BCUT2D eigenvalue weighted by atomic mass is 16.5. The molecule has 1 spiro atoms. The molecule has 2 aromatic heterocycles. The lowest BCUT2D eigenvalue weighted by Crippen LogP contribution is -2.61. The second-order valence-corrected chi connectivity index (χ2v) is 22.6. The number of amides is 4. The average molecular weight is 1040 g/mol. The molecule has 17 heteroatoms. The van der Waals surface area contributed by atoms with Crippen LogP contribution in [-0.2, 0) is 63.2 Å². The van der Waals surface area contributed by atoms with Crippen molar-refractivity contribution in [2.75, 3.05) is 66.7 Å². The fourth-order valence-electron chi connectivity index (χ4n) is 11.8. The number of fused-ring (bicyclic) bond motifs is 7. The highest BCUT2D eigenvalue weighted by Gasteiger charge is 2.54. The van der Waals surface area contributed by atoms with E-state index >= 15 is 0 Å². The first kappa shape index (κ1) is 54.4. The number of hydrazine groups is 2. The number of carbonyl (C=O) groups excluding carboxylic acids is 5. The maximum atomic E-state index is 14.9. The van der Waals surface area contributed by atoms with Gasteiger partial charge in [-0.15, -0.1) is 0 Å². The summed E-state index contributed by atoms with van der Waals surface area (Å²) in [6, 6.07) is 15.7. The number of rotatable bonds is 9. The molecule has 4 fully saturated rings. The van der Waals surface area contributed by atoms with Crippen LogP contribution < -0.4 is 16.3 Å². The molecule has 404 valence electrons. The van der Waals surface area contributed by atoms with Crippen LogP contribution in [0.4, 0.5) is 0 Å². The molecule has 1 unspecified atom stereocenters. The Labute approximate surface area is 447 Å². The molecule has 76 heavy (non-hydrogen) atoms. The molecule has 3 N–H and O–H groups in total. The number of aryl methyl sites for hydroxylation is 1. The molecular formula is C59H75N9O8. The summed E-state index contributed by atoms with van der Waals surface area (Å²) in [5.41, 5.74) is 11.3. The van der Waals surface area contributed by atoms with E-state index in [1.807, 2.05) is 46.0 Å². The Morgan fingerprint density at radius 1 is 1.05 bits per heavy atom. The van der Waals surface area contributed by atoms with E-state index in [0.29, 0.717) is 65.0 Å². The summed E-state index contributed by atoms with van der Waals surface area (Å²) in [4.78, 5) is 82.1. The van der Waals surface area contributed by atoms with E-state index in [4.69, 9.17) is 19.2 Å². The van der Waals surface area contributed by atoms with Gasteiger partial charge in [0.05, 0.1) is 42.7 Å². The Balaban J connectivity index is 1.05. The molecule has 4 amide bonds. The van der Waals surface area contributed by atoms with E-state index in [2.05, 4.69) is 101 Å². The number of esters is 1. The van der Waals surface area contributed by atoms with Crippen molar-refractivity contribution < 1.29 is 38.2 Å². The quantitative estimate of drug-likeness (QED) is 0.111. The number of methoxy groups -OCH3 is 1. The number of nitrogens with zero attached hydrogens (tertiary/aromatic N) is 6. The molecule has 6 bridgehead atoms. The third-order valence-electron chi connectivity index (χ3n) is 16.4. The fraction of sp³-hybridized carbons (Fsp3) is 0.525. The van der Waals surface area contributed by atoms with E-state index in [0.717, 1.165) is 56.7 Å². The van der Waals surface area contributed by atoms with Crippen molar-refractivity contribution in [1.29, 1.82) is 0 Å². The van der Waals surface area contributed by atoms with Gasteiger partial charge in [-0.25, -0.2) is 5.43 Å². The van der Waals surface area contributed by atoms with Crippen molar-refractivity contribution in [1.82, 2.24) is 45.5 Å². The van der Waals surface area contributed by atoms with E-state index in [1.54, 1.807) is 29.2 Å². The summed E-state index contributed by atoms with van der Waals surface area (Å²) in [5, 5.41) is 5.60. The second kappa shape index (κ2) is 22.3. The summed E-state index contributed by atoms with van der Waals surface area (Å²) < 4.78 is 20.1. The van der Waals surface area contributed by atoms with Crippen LogP contribution in [0.25, 0.3) is 33.3 Å². The molecule has 17 nitrogen and oxygen atoms in total. The predicted molar refractivity (Wildman–Crippen MR) is 290 cm³/mol. The van der Waals surface area contributed by atoms with Crippen LogP contribution in [-0.4, -0.2) is 150 Å². The van der Waals surface area contributed by atoms with Gasteiger partial charge in [-0.05, 0) is 111 Å². The lowest BCUT2D eigenvalue weighted by molar-refractivity contribution is -0.151. The number of benzene rings is 2. The molecule has 4 saturated heterocycles. The van der Waals surface area contributed by atoms with E-state index < -0.39 is 52.3 Å². The average Bonchev–Trinajstić information content (AvgIpc) is 4.01. The summed E-state index contributed by atoms with van der Waals surface area (Å²) in [5.74, 6) is 3.78. The number of pyridine rings is 1. The number of likely N-dealkylation sites (tertiary alicyclic amines) is 2. The maximum Gasteiger partial charge on any atom is 0.324 e. The van der Waals surface area contributed by atoms with Crippen LogP contribution in [0.5, 0.6) is 0 Å². The van der Waals surface area contributed by atoms with Crippen molar-refractivity contribution >= 4 is 40.5 Å². The molecule has 9 rings (SSSR count). The molecule has 0 radical (unpaired) electrons. The van der Waals surface area contributed by atoms with Gasteiger partial charge in [-0.3, -0.25) is 38.9 Å². The van der Waals surface area contributed by atoms with Crippen LogP contribution in [0.3, 0.4) is 0 Å². The third kappa shape index (κ3) is 10.8. The topological polar surface area (TPSA) is 180 Å². The molecule has 0 aliphatic carbocycles. The van der Waals surface area contributed by atoms with Crippen LogP contribution >= 0.6 is 0 Å². The Bertz CT molecular complexity index is 2960. The first-order valence-corrected chi connectivity index (χ1v) is 27.0. The Morgan fingerprint density at radius 3 is 2.59 bits per heavy atom. The number of morpholine rings is 1. The first-order valence-electron chi connectivity index (χ1n) is 27.0. The van der Waals surface area contributed by atoms with Crippen molar-refractivity contribution in [3.8, 4) is 34.2 Å². The highest BCUT2D eigenvalue weighted by molar-refractivity contribution is 5.98. The minimum absolute atomic E-state index is 0.125. The lowest BCUT2D eigenvalue weighted by Gasteiger charge is -2.34. The van der Waals surface area contributed by atoms with Gasteiger partial charge in [0.1, 0.15) is 23.7 Å². The zero-order chi connectivity index (χ0) is 54.1. The summed E-state index contributed by atoms with van der Waals surface area (Å²) in [6.07, 6.45) is 6.07. The van der Waals surface area contributed by atoms with Gasteiger partial charge in [0, 0.05) is 80.9 Å². The van der Waals surface area contributed by atoms with Crippen LogP contribution in [0.2, 0.25) is 0 Å². The highest BCUT2D eigenvalue weighted by Crippen LogP contribution is 2.44. The number of hydrogen-bond donors (Lipinski definition) is 3. The summed E-state index contributed by atoms with van der Waals surface area (Å²) in [6.45, 7) is 20.0. The number of hydrogen-bond acceptors (Lipinski definition) is 12. The molecule has 2 aromatic carbocycles. The number of carbonyl (C=O) groups is 5. The second-order valence-electron chi connectivity index (χ2n) is 22.6. The zero-order valence-electron chi connectivity index (χ0n) is 45.5. The molecule has 7 heterocycles.